The SMILES string of the molecule is C#CCNC(C)Cc1ccccc1.CF. The van der Waals surface area contributed by atoms with E-state index in [9.17, 15) is 4.39 Å². The Morgan fingerprint density at radius 3 is 2.47 bits per heavy atom. The Kier molecular flexibility index (Phi) is 8.42. The summed E-state index contributed by atoms with van der Waals surface area (Å²) in [6.07, 6.45) is 6.19. The van der Waals surface area contributed by atoms with Crippen molar-refractivity contribution in [2.75, 3.05) is 13.7 Å². The minimum absolute atomic E-state index is 0.443. The first-order valence-corrected chi connectivity index (χ1v) is 4.91. The van der Waals surface area contributed by atoms with Crippen LogP contribution in [0, 0.1) is 12.3 Å². The summed E-state index contributed by atoms with van der Waals surface area (Å²) in [5.74, 6) is 2.57. The van der Waals surface area contributed by atoms with E-state index >= 15 is 0 Å². The summed E-state index contributed by atoms with van der Waals surface area (Å²) in [4.78, 5) is 0. The van der Waals surface area contributed by atoms with Gasteiger partial charge in [-0.3, -0.25) is 4.39 Å². The normalized spacial score (nSPS) is 10.8. The highest BCUT2D eigenvalue weighted by molar-refractivity contribution is 5.15. The summed E-state index contributed by atoms with van der Waals surface area (Å²) >= 11 is 0. The summed E-state index contributed by atoms with van der Waals surface area (Å²) in [6.45, 7) is 2.79. The number of halogens is 1. The first kappa shape index (κ1) is 13.7. The van der Waals surface area contributed by atoms with Crippen molar-refractivity contribution < 1.29 is 4.39 Å². The van der Waals surface area contributed by atoms with Crippen LogP contribution in [-0.4, -0.2) is 19.8 Å². The Morgan fingerprint density at radius 2 is 1.93 bits per heavy atom. The van der Waals surface area contributed by atoms with Crippen LogP contribution in [0.2, 0.25) is 0 Å². The molecule has 0 aliphatic carbocycles. The fraction of sp³-hybridized carbons (Fsp3) is 0.385. The first-order chi connectivity index (χ1) is 7.33. The third-order valence-electron chi connectivity index (χ3n) is 1.94. The molecule has 1 nitrogen and oxygen atoms in total. The molecular formula is C13H18FN. The number of nitrogens with one attached hydrogen (secondary N) is 1. The molecule has 1 rings (SSSR count). The Labute approximate surface area is 91.7 Å². The van der Waals surface area contributed by atoms with Crippen LogP contribution in [0.15, 0.2) is 30.3 Å². The average Bonchev–Trinajstić information content (AvgIpc) is 2.30. The van der Waals surface area contributed by atoms with Crippen molar-refractivity contribution in [1.82, 2.24) is 5.32 Å². The maximum absolute atomic E-state index is 9.50. The summed E-state index contributed by atoms with van der Waals surface area (Å²) in [6, 6.07) is 10.9. The van der Waals surface area contributed by atoms with Crippen molar-refractivity contribution in [3.63, 3.8) is 0 Å². The summed E-state index contributed by atoms with van der Waals surface area (Å²) < 4.78 is 9.50. The molecule has 0 heterocycles. The van der Waals surface area contributed by atoms with E-state index in [1.165, 1.54) is 5.56 Å². The first-order valence-electron chi connectivity index (χ1n) is 4.91. The van der Waals surface area contributed by atoms with Gasteiger partial charge in [-0.05, 0) is 18.9 Å². The lowest BCUT2D eigenvalue weighted by Crippen LogP contribution is -2.28. The fourth-order valence-electron chi connectivity index (χ4n) is 1.27. The van der Waals surface area contributed by atoms with Gasteiger partial charge in [-0.1, -0.05) is 36.3 Å². The second kappa shape index (κ2) is 9.23. The van der Waals surface area contributed by atoms with Gasteiger partial charge < -0.3 is 5.32 Å². The second-order valence-corrected chi connectivity index (χ2v) is 3.18. The lowest BCUT2D eigenvalue weighted by atomic mass is 10.1. The topological polar surface area (TPSA) is 12.0 Å². The van der Waals surface area contributed by atoms with E-state index in [1.807, 2.05) is 6.07 Å². The Balaban J connectivity index is 0.000000921. The Hall–Kier alpha value is -1.33. The molecule has 2 heteroatoms. The van der Waals surface area contributed by atoms with E-state index in [4.69, 9.17) is 6.42 Å². The van der Waals surface area contributed by atoms with Crippen LogP contribution in [-0.2, 0) is 6.42 Å². The summed E-state index contributed by atoms with van der Waals surface area (Å²) in [5.41, 5.74) is 1.35. The highest BCUT2D eigenvalue weighted by atomic mass is 19.1. The van der Waals surface area contributed by atoms with Gasteiger partial charge in [-0.15, -0.1) is 6.42 Å². The molecule has 0 aromatic heterocycles. The predicted octanol–water partition coefficient (Wildman–Crippen LogP) is 2.43. The van der Waals surface area contributed by atoms with Gasteiger partial charge in [0.15, 0.2) is 0 Å². The molecule has 82 valence electrons. The van der Waals surface area contributed by atoms with E-state index in [1.54, 1.807) is 0 Å². The number of hydrogen-bond acceptors (Lipinski definition) is 1. The fourth-order valence-corrected chi connectivity index (χ4v) is 1.27. The third kappa shape index (κ3) is 6.70. The van der Waals surface area contributed by atoms with Crippen LogP contribution in [0.4, 0.5) is 4.39 Å². The van der Waals surface area contributed by atoms with Gasteiger partial charge in [-0.25, -0.2) is 0 Å². The van der Waals surface area contributed by atoms with Crippen molar-refractivity contribution >= 4 is 0 Å². The Morgan fingerprint density at radius 1 is 1.33 bits per heavy atom. The largest absolute Gasteiger partial charge is 0.303 e. The molecule has 0 fully saturated rings. The molecule has 0 spiro atoms. The van der Waals surface area contributed by atoms with Gasteiger partial charge in [0, 0.05) is 6.04 Å². The van der Waals surface area contributed by atoms with Crippen molar-refractivity contribution in [1.29, 1.82) is 0 Å². The molecule has 0 bridgehead atoms. The summed E-state index contributed by atoms with van der Waals surface area (Å²) in [5, 5.41) is 3.24. The number of benzene rings is 1. The number of rotatable bonds is 4. The van der Waals surface area contributed by atoms with Crippen molar-refractivity contribution in [2.24, 2.45) is 0 Å². The zero-order chi connectivity index (χ0) is 11.5. The van der Waals surface area contributed by atoms with Gasteiger partial charge in [0.1, 0.15) is 0 Å². The van der Waals surface area contributed by atoms with E-state index in [2.05, 4.69) is 42.4 Å². The predicted molar refractivity (Wildman–Crippen MR) is 63.5 cm³/mol. The standard InChI is InChI=1S/C12H15N.CH3F/c1-3-9-13-11(2)10-12-7-5-4-6-8-12;1-2/h1,4-8,11,13H,9-10H2,2H3;1H3. The lowest BCUT2D eigenvalue weighted by molar-refractivity contribution is 0.585. The van der Waals surface area contributed by atoms with Crippen LogP contribution in [0.5, 0.6) is 0 Å². The van der Waals surface area contributed by atoms with Crippen LogP contribution in [0.1, 0.15) is 12.5 Å². The minimum atomic E-state index is 0.443. The van der Waals surface area contributed by atoms with Gasteiger partial charge in [-0.2, -0.15) is 0 Å². The molecule has 1 N–H and O–H groups in total. The van der Waals surface area contributed by atoms with Gasteiger partial charge in [0.2, 0.25) is 0 Å². The van der Waals surface area contributed by atoms with Crippen LogP contribution in [0.3, 0.4) is 0 Å². The number of terminal acetylenes is 1. The molecule has 0 aliphatic heterocycles. The van der Waals surface area contributed by atoms with Crippen LogP contribution >= 0.6 is 0 Å². The van der Waals surface area contributed by atoms with E-state index < -0.39 is 0 Å². The molecule has 0 radical (unpaired) electrons. The van der Waals surface area contributed by atoms with Gasteiger partial charge in [0.05, 0.1) is 13.7 Å². The molecule has 1 aromatic carbocycles. The Bertz CT molecular complexity index is 276. The molecule has 0 saturated heterocycles. The smallest absolute Gasteiger partial charge is 0.0785 e. The molecule has 1 aromatic rings. The average molecular weight is 207 g/mol. The molecule has 0 aliphatic rings. The van der Waals surface area contributed by atoms with Gasteiger partial charge >= 0.3 is 0 Å². The highest BCUT2D eigenvalue weighted by Gasteiger charge is 2.00. The van der Waals surface area contributed by atoms with Crippen molar-refractivity contribution in [3.05, 3.63) is 35.9 Å². The monoisotopic (exact) mass is 207 g/mol. The van der Waals surface area contributed by atoms with E-state index in [0.29, 0.717) is 19.8 Å². The van der Waals surface area contributed by atoms with Crippen LogP contribution < -0.4 is 5.32 Å². The lowest BCUT2D eigenvalue weighted by Gasteiger charge is -2.11. The van der Waals surface area contributed by atoms with Crippen molar-refractivity contribution in [2.45, 2.75) is 19.4 Å². The molecule has 0 amide bonds. The molecular weight excluding hydrogens is 189 g/mol. The number of alkyl halides is 1. The zero-order valence-corrected chi connectivity index (χ0v) is 9.33. The molecule has 0 saturated carbocycles. The van der Waals surface area contributed by atoms with Crippen LogP contribution in [0.25, 0.3) is 0 Å². The molecule has 1 atom stereocenters. The zero-order valence-electron chi connectivity index (χ0n) is 9.33. The molecule has 1 unspecified atom stereocenters. The second-order valence-electron chi connectivity index (χ2n) is 3.18. The third-order valence-corrected chi connectivity index (χ3v) is 1.94. The minimum Gasteiger partial charge on any atom is -0.303 e. The quantitative estimate of drug-likeness (QED) is 0.748. The summed E-state index contributed by atoms with van der Waals surface area (Å²) in [7, 11) is 0.500. The van der Waals surface area contributed by atoms with E-state index in [0.717, 1.165) is 6.42 Å². The van der Waals surface area contributed by atoms with Crippen molar-refractivity contribution in [3.8, 4) is 12.3 Å². The van der Waals surface area contributed by atoms with Gasteiger partial charge in [0.25, 0.3) is 0 Å². The maximum Gasteiger partial charge on any atom is 0.0785 e. The van der Waals surface area contributed by atoms with E-state index in [-0.39, 0.29) is 0 Å². The number of hydrogen-bond donors (Lipinski definition) is 1. The molecule has 15 heavy (non-hydrogen) atoms. The maximum atomic E-state index is 9.50. The highest BCUT2D eigenvalue weighted by Crippen LogP contribution is 2.01.